The average molecular weight is 483 g/mol. The van der Waals surface area contributed by atoms with E-state index >= 15 is 0 Å². The van der Waals surface area contributed by atoms with Crippen LogP contribution in [-0.2, 0) is 16.6 Å². The van der Waals surface area contributed by atoms with Gasteiger partial charge in [-0.15, -0.1) is 0 Å². The highest BCUT2D eigenvalue weighted by Gasteiger charge is 2.24. The molecule has 34 heavy (non-hydrogen) atoms. The molecule has 7 nitrogen and oxygen atoms in total. The number of nitrogens with zero attached hydrogens (tertiary/aromatic N) is 3. The highest BCUT2D eigenvalue weighted by Crippen LogP contribution is 2.19. The summed E-state index contributed by atoms with van der Waals surface area (Å²) in [5, 5.41) is 7.39. The van der Waals surface area contributed by atoms with Crippen LogP contribution in [0.15, 0.2) is 65.6 Å². The summed E-state index contributed by atoms with van der Waals surface area (Å²) < 4.78 is 29.6. The molecule has 0 aliphatic rings. The van der Waals surface area contributed by atoms with Gasteiger partial charge in [0.1, 0.15) is 5.82 Å². The van der Waals surface area contributed by atoms with E-state index in [1.165, 1.54) is 12.1 Å². The second-order valence-corrected chi connectivity index (χ2v) is 10.3. The smallest absolute Gasteiger partial charge is 0.256 e. The van der Waals surface area contributed by atoms with Crippen molar-refractivity contribution in [2.24, 2.45) is 0 Å². The van der Waals surface area contributed by atoms with Crippen LogP contribution in [0.1, 0.15) is 61.1 Å². The van der Waals surface area contributed by atoms with Crippen LogP contribution in [0, 0.1) is 6.92 Å². The molecular weight excluding hydrogens is 448 g/mol. The van der Waals surface area contributed by atoms with Crippen molar-refractivity contribution < 1.29 is 13.2 Å². The normalized spacial score (nSPS) is 11.6. The predicted molar refractivity (Wildman–Crippen MR) is 135 cm³/mol. The molecule has 0 spiro atoms. The highest BCUT2D eigenvalue weighted by atomic mass is 32.2. The van der Waals surface area contributed by atoms with Crippen molar-refractivity contribution in [3.8, 4) is 0 Å². The van der Waals surface area contributed by atoms with Gasteiger partial charge in [-0.25, -0.2) is 13.1 Å². The minimum absolute atomic E-state index is 0.209. The number of benzene rings is 2. The zero-order chi connectivity index (χ0) is 24.6. The summed E-state index contributed by atoms with van der Waals surface area (Å²) in [6, 6.07) is 17.9. The zero-order valence-electron chi connectivity index (χ0n) is 20.2. The monoisotopic (exact) mass is 482 g/mol. The molecule has 182 valence electrons. The minimum Gasteiger partial charge on any atom is -0.307 e. The molecule has 2 aromatic carbocycles. The third kappa shape index (κ3) is 6.55. The van der Waals surface area contributed by atoms with Crippen LogP contribution in [0.4, 0.5) is 5.82 Å². The molecule has 1 N–H and O–H groups in total. The molecule has 1 aromatic heterocycles. The number of anilines is 1. The number of carbonyl (C=O) groups is 1. The van der Waals surface area contributed by atoms with Gasteiger partial charge >= 0.3 is 0 Å². The number of sulfonamides is 1. The first kappa shape index (κ1) is 25.6. The van der Waals surface area contributed by atoms with Gasteiger partial charge < -0.3 is 5.32 Å². The first-order valence-corrected chi connectivity index (χ1v) is 13.3. The first-order chi connectivity index (χ1) is 16.3. The summed E-state index contributed by atoms with van der Waals surface area (Å²) in [6.45, 7) is 7.51. The number of nitrogens with one attached hydrogen (secondary N) is 1. The fraction of sp³-hybridized carbons (Fsp3) is 0.385. The second kappa shape index (κ2) is 11.9. The van der Waals surface area contributed by atoms with Crippen LogP contribution in [0.3, 0.4) is 0 Å². The molecule has 0 saturated heterocycles. The number of aryl methyl sites for hydroxylation is 1. The number of unbranched alkanes of at least 4 members (excludes halogenated alkanes) is 2. The van der Waals surface area contributed by atoms with E-state index in [0.717, 1.165) is 36.9 Å². The number of amides is 1. The van der Waals surface area contributed by atoms with Crippen LogP contribution in [0.2, 0.25) is 0 Å². The molecule has 3 rings (SSSR count). The molecule has 1 amide bonds. The molecule has 0 aliphatic heterocycles. The number of hydrogen-bond donors (Lipinski definition) is 1. The Morgan fingerprint density at radius 1 is 0.971 bits per heavy atom. The third-order valence-electron chi connectivity index (χ3n) is 5.60. The zero-order valence-corrected chi connectivity index (χ0v) is 21.0. The Kier molecular flexibility index (Phi) is 9.01. The molecule has 0 saturated carbocycles. The van der Waals surface area contributed by atoms with E-state index in [9.17, 15) is 13.2 Å². The lowest BCUT2D eigenvalue weighted by Crippen LogP contribution is -2.33. The summed E-state index contributed by atoms with van der Waals surface area (Å²) in [4.78, 5) is 13.1. The SMILES string of the molecule is CCCCN(CCCC)S(=O)(=O)c1ccc(C(=O)Nc2cc(C)nn2Cc2ccccc2)cc1. The Bertz CT molecular complexity index is 1160. The quantitative estimate of drug-likeness (QED) is 0.390. The van der Waals surface area contributed by atoms with E-state index in [-0.39, 0.29) is 10.8 Å². The minimum atomic E-state index is -3.60. The summed E-state index contributed by atoms with van der Waals surface area (Å²) in [6.07, 6.45) is 3.49. The van der Waals surface area contributed by atoms with Gasteiger partial charge in [0, 0.05) is 24.7 Å². The van der Waals surface area contributed by atoms with E-state index in [2.05, 4.69) is 10.4 Å². The molecule has 0 fully saturated rings. The van der Waals surface area contributed by atoms with Crippen LogP contribution in [0.25, 0.3) is 0 Å². The molecule has 3 aromatic rings. The molecule has 0 aliphatic carbocycles. The summed E-state index contributed by atoms with van der Waals surface area (Å²) in [5.41, 5.74) is 2.26. The fourth-order valence-corrected chi connectivity index (χ4v) is 5.18. The van der Waals surface area contributed by atoms with Crippen LogP contribution in [-0.4, -0.2) is 41.5 Å². The molecule has 0 bridgehead atoms. The van der Waals surface area contributed by atoms with Gasteiger partial charge in [-0.2, -0.15) is 9.40 Å². The topological polar surface area (TPSA) is 84.3 Å². The lowest BCUT2D eigenvalue weighted by molar-refractivity contribution is 0.102. The number of hydrogen-bond acceptors (Lipinski definition) is 4. The highest BCUT2D eigenvalue weighted by molar-refractivity contribution is 7.89. The molecule has 0 radical (unpaired) electrons. The molecule has 8 heteroatoms. The molecular formula is C26H34N4O3S. The van der Waals surface area contributed by atoms with Crippen molar-refractivity contribution in [1.82, 2.24) is 14.1 Å². The lowest BCUT2D eigenvalue weighted by atomic mass is 10.2. The van der Waals surface area contributed by atoms with E-state index in [0.29, 0.717) is 31.0 Å². The Balaban J connectivity index is 1.74. The summed E-state index contributed by atoms with van der Waals surface area (Å²) >= 11 is 0. The predicted octanol–water partition coefficient (Wildman–Crippen LogP) is 5.08. The van der Waals surface area contributed by atoms with Gasteiger partial charge in [-0.3, -0.25) is 4.79 Å². The Morgan fingerprint density at radius 3 is 2.18 bits per heavy atom. The Labute approximate surface area is 202 Å². The van der Waals surface area contributed by atoms with E-state index in [1.54, 1.807) is 21.1 Å². The van der Waals surface area contributed by atoms with Crippen molar-refractivity contribution >= 4 is 21.7 Å². The molecule has 0 atom stereocenters. The van der Waals surface area contributed by atoms with Gasteiger partial charge in [-0.1, -0.05) is 57.0 Å². The summed E-state index contributed by atoms with van der Waals surface area (Å²) in [5.74, 6) is 0.278. The van der Waals surface area contributed by atoms with Crippen molar-refractivity contribution in [2.45, 2.75) is 57.9 Å². The maximum atomic E-state index is 13.2. The van der Waals surface area contributed by atoms with Gasteiger partial charge in [0.25, 0.3) is 5.91 Å². The van der Waals surface area contributed by atoms with Crippen molar-refractivity contribution in [1.29, 1.82) is 0 Å². The maximum absolute atomic E-state index is 13.2. The Hall–Kier alpha value is -2.97. The summed E-state index contributed by atoms with van der Waals surface area (Å²) in [7, 11) is -3.60. The number of carbonyl (C=O) groups excluding carboxylic acids is 1. The van der Waals surface area contributed by atoms with Gasteiger partial charge in [-0.05, 0) is 49.6 Å². The Morgan fingerprint density at radius 2 is 1.59 bits per heavy atom. The van der Waals surface area contributed by atoms with E-state index < -0.39 is 10.0 Å². The standard InChI is InChI=1S/C26H34N4O3S/c1-4-6-17-29(18-7-5-2)34(32,33)24-15-13-23(14-16-24)26(31)27-25-19-21(3)28-30(25)20-22-11-9-8-10-12-22/h8-16,19H,4-7,17-18,20H2,1-3H3,(H,27,31). The second-order valence-electron chi connectivity index (χ2n) is 8.40. The number of rotatable bonds is 12. The van der Waals surface area contributed by atoms with Crippen LogP contribution in [0.5, 0.6) is 0 Å². The van der Waals surface area contributed by atoms with Gasteiger partial charge in [0.15, 0.2) is 0 Å². The first-order valence-electron chi connectivity index (χ1n) is 11.8. The maximum Gasteiger partial charge on any atom is 0.256 e. The van der Waals surface area contributed by atoms with E-state index in [1.807, 2.05) is 57.2 Å². The number of aromatic nitrogens is 2. The fourth-order valence-electron chi connectivity index (χ4n) is 3.66. The van der Waals surface area contributed by atoms with Crippen molar-refractivity contribution in [3.63, 3.8) is 0 Å². The van der Waals surface area contributed by atoms with Crippen molar-refractivity contribution in [2.75, 3.05) is 18.4 Å². The van der Waals surface area contributed by atoms with Crippen LogP contribution < -0.4 is 5.32 Å². The van der Waals surface area contributed by atoms with Gasteiger partial charge in [0.05, 0.1) is 17.1 Å². The van der Waals surface area contributed by atoms with Crippen LogP contribution >= 0.6 is 0 Å². The third-order valence-corrected chi connectivity index (χ3v) is 7.51. The molecule has 1 heterocycles. The van der Waals surface area contributed by atoms with Crippen molar-refractivity contribution in [3.05, 3.63) is 77.5 Å². The van der Waals surface area contributed by atoms with E-state index in [4.69, 9.17) is 0 Å². The van der Waals surface area contributed by atoms with Gasteiger partial charge in [0.2, 0.25) is 10.0 Å². The average Bonchev–Trinajstić information content (AvgIpc) is 3.17. The molecule has 0 unspecified atom stereocenters. The largest absolute Gasteiger partial charge is 0.307 e. The lowest BCUT2D eigenvalue weighted by Gasteiger charge is -2.22.